The number of piperidine rings is 1. The highest BCUT2D eigenvalue weighted by atomic mass is 19.4. The number of amides is 2. The topological polar surface area (TPSA) is 46.3 Å². The van der Waals surface area contributed by atoms with Crippen LogP contribution in [-0.4, -0.2) is 23.7 Å². The number of alkyl halides is 3. The van der Waals surface area contributed by atoms with Crippen molar-refractivity contribution in [3.8, 4) is 0 Å². The first-order valence-electron chi connectivity index (χ1n) is 6.07. The zero-order valence-electron chi connectivity index (χ0n) is 10.2. The van der Waals surface area contributed by atoms with Gasteiger partial charge in [-0.15, -0.1) is 0 Å². The van der Waals surface area contributed by atoms with E-state index in [2.05, 4.69) is 0 Å². The number of carbonyl (C=O) groups is 1. The highest BCUT2D eigenvalue weighted by molar-refractivity contribution is 5.72. The molecule has 3 nitrogen and oxygen atoms in total. The van der Waals surface area contributed by atoms with E-state index >= 15 is 0 Å². The molecule has 1 aliphatic rings. The third-order valence-electron chi connectivity index (χ3n) is 3.53. The summed E-state index contributed by atoms with van der Waals surface area (Å²) in [6, 6.07) is 7.44. The highest BCUT2D eigenvalue weighted by Gasteiger charge is 2.45. The summed E-state index contributed by atoms with van der Waals surface area (Å²) in [6.07, 6.45) is -4.44. The van der Waals surface area contributed by atoms with Crippen LogP contribution in [0.25, 0.3) is 0 Å². The maximum Gasteiger partial charge on any atom is 0.391 e. The first-order valence-corrected chi connectivity index (χ1v) is 6.07. The Morgan fingerprint density at radius 2 is 1.89 bits per heavy atom. The third kappa shape index (κ3) is 3.00. The normalized spacial score (nSPS) is 24.3. The summed E-state index contributed by atoms with van der Waals surface area (Å²) in [5, 5.41) is 0. The van der Waals surface area contributed by atoms with E-state index in [-0.39, 0.29) is 19.4 Å². The number of halogens is 3. The fraction of sp³-hybridized carbons (Fsp3) is 0.462. The molecule has 19 heavy (non-hydrogen) atoms. The van der Waals surface area contributed by atoms with Gasteiger partial charge in [0.05, 0.1) is 12.0 Å². The number of nitrogens with zero attached hydrogens (tertiary/aromatic N) is 1. The lowest BCUT2D eigenvalue weighted by Gasteiger charge is -2.39. The number of primary amides is 1. The molecule has 0 aliphatic carbocycles. The number of benzene rings is 1. The van der Waals surface area contributed by atoms with Gasteiger partial charge in [-0.2, -0.15) is 13.2 Å². The highest BCUT2D eigenvalue weighted by Crippen LogP contribution is 2.41. The van der Waals surface area contributed by atoms with E-state index in [9.17, 15) is 18.0 Å². The Morgan fingerprint density at radius 1 is 1.26 bits per heavy atom. The van der Waals surface area contributed by atoms with Crippen molar-refractivity contribution in [1.82, 2.24) is 4.90 Å². The van der Waals surface area contributed by atoms with Crippen molar-refractivity contribution in [1.29, 1.82) is 0 Å². The van der Waals surface area contributed by atoms with Gasteiger partial charge in [-0.05, 0) is 18.4 Å². The quantitative estimate of drug-likeness (QED) is 0.839. The molecule has 0 saturated carbocycles. The molecule has 0 bridgehead atoms. The van der Waals surface area contributed by atoms with E-state index in [1.165, 1.54) is 4.90 Å². The summed E-state index contributed by atoms with van der Waals surface area (Å²) < 4.78 is 38.5. The van der Waals surface area contributed by atoms with Gasteiger partial charge in [0.2, 0.25) is 0 Å². The predicted molar refractivity (Wildman–Crippen MR) is 64.3 cm³/mol. The minimum absolute atomic E-state index is 0.0407. The van der Waals surface area contributed by atoms with Crippen LogP contribution >= 0.6 is 0 Å². The van der Waals surface area contributed by atoms with Gasteiger partial charge in [0.25, 0.3) is 0 Å². The van der Waals surface area contributed by atoms with Gasteiger partial charge in [-0.1, -0.05) is 30.3 Å². The number of hydrogen-bond acceptors (Lipinski definition) is 1. The lowest BCUT2D eigenvalue weighted by Crippen LogP contribution is -2.46. The van der Waals surface area contributed by atoms with Crippen LogP contribution in [0.5, 0.6) is 0 Å². The lowest BCUT2D eigenvalue weighted by atomic mass is 9.87. The van der Waals surface area contributed by atoms with E-state index in [4.69, 9.17) is 5.73 Å². The Bertz CT molecular complexity index is 447. The second kappa shape index (κ2) is 5.11. The predicted octanol–water partition coefficient (Wildman–Crippen LogP) is 3.08. The van der Waals surface area contributed by atoms with Crippen molar-refractivity contribution in [2.24, 2.45) is 11.7 Å². The van der Waals surface area contributed by atoms with Gasteiger partial charge in [-0.3, -0.25) is 0 Å². The number of urea groups is 1. The minimum Gasteiger partial charge on any atom is -0.351 e. The summed E-state index contributed by atoms with van der Waals surface area (Å²) >= 11 is 0. The number of hydrogen-bond donors (Lipinski definition) is 1. The Morgan fingerprint density at radius 3 is 2.42 bits per heavy atom. The Kier molecular flexibility index (Phi) is 3.68. The van der Waals surface area contributed by atoms with Gasteiger partial charge in [0.15, 0.2) is 0 Å². The van der Waals surface area contributed by atoms with Crippen LogP contribution in [0.3, 0.4) is 0 Å². The van der Waals surface area contributed by atoms with Crippen LogP contribution in [0.4, 0.5) is 18.0 Å². The summed E-state index contributed by atoms with van der Waals surface area (Å²) in [6.45, 7) is 0.0407. The molecule has 1 fully saturated rings. The second-order valence-electron chi connectivity index (χ2n) is 4.72. The van der Waals surface area contributed by atoms with Crippen molar-refractivity contribution in [3.63, 3.8) is 0 Å². The monoisotopic (exact) mass is 272 g/mol. The van der Waals surface area contributed by atoms with Gasteiger partial charge < -0.3 is 10.6 Å². The molecule has 104 valence electrons. The minimum atomic E-state index is -4.23. The van der Waals surface area contributed by atoms with Crippen LogP contribution in [0.15, 0.2) is 30.3 Å². The van der Waals surface area contributed by atoms with Crippen LogP contribution < -0.4 is 5.73 Å². The molecule has 2 N–H and O–H groups in total. The van der Waals surface area contributed by atoms with E-state index in [1.807, 2.05) is 0 Å². The zero-order valence-corrected chi connectivity index (χ0v) is 10.2. The molecule has 0 radical (unpaired) electrons. The van der Waals surface area contributed by atoms with Crippen molar-refractivity contribution in [2.75, 3.05) is 6.54 Å². The summed E-state index contributed by atoms with van der Waals surface area (Å²) in [7, 11) is 0. The van der Waals surface area contributed by atoms with Crippen LogP contribution in [0.1, 0.15) is 24.4 Å². The summed E-state index contributed by atoms with van der Waals surface area (Å²) in [5.74, 6) is -1.38. The molecule has 2 amide bonds. The lowest BCUT2D eigenvalue weighted by molar-refractivity contribution is -0.188. The molecule has 1 aliphatic heterocycles. The standard InChI is InChI=1S/C13H15F3N2O/c14-13(15,16)10-6-7-18(12(17)19)11(8-10)9-4-2-1-3-5-9/h1-5,10-11H,6-8H2,(H2,17,19). The number of likely N-dealkylation sites (tertiary alicyclic amines) is 1. The largest absolute Gasteiger partial charge is 0.391 e. The van der Waals surface area contributed by atoms with E-state index in [0.29, 0.717) is 5.56 Å². The zero-order chi connectivity index (χ0) is 14.0. The fourth-order valence-electron chi connectivity index (χ4n) is 2.52. The molecule has 2 unspecified atom stereocenters. The Labute approximate surface area is 109 Å². The SMILES string of the molecule is NC(=O)N1CCC(C(F)(F)F)CC1c1ccccc1. The molecule has 1 saturated heterocycles. The number of rotatable bonds is 1. The number of carbonyl (C=O) groups excluding carboxylic acids is 1. The van der Waals surface area contributed by atoms with Crippen molar-refractivity contribution in [2.45, 2.75) is 25.1 Å². The third-order valence-corrected chi connectivity index (χ3v) is 3.53. The molecule has 0 aromatic heterocycles. The maximum absolute atomic E-state index is 12.8. The first-order chi connectivity index (χ1) is 8.89. The van der Waals surface area contributed by atoms with Crippen molar-refractivity contribution in [3.05, 3.63) is 35.9 Å². The molecule has 2 atom stereocenters. The Hall–Kier alpha value is -1.72. The Balaban J connectivity index is 2.26. The molecule has 2 rings (SSSR count). The van der Waals surface area contributed by atoms with Crippen molar-refractivity contribution >= 4 is 6.03 Å². The molecule has 1 aromatic carbocycles. The van der Waals surface area contributed by atoms with Gasteiger partial charge in [-0.25, -0.2) is 4.79 Å². The smallest absolute Gasteiger partial charge is 0.351 e. The van der Waals surface area contributed by atoms with E-state index in [0.717, 1.165) is 0 Å². The number of nitrogens with two attached hydrogens (primary N) is 1. The van der Waals surface area contributed by atoms with Gasteiger partial charge in [0, 0.05) is 6.54 Å². The van der Waals surface area contributed by atoms with Crippen molar-refractivity contribution < 1.29 is 18.0 Å². The fourth-order valence-corrected chi connectivity index (χ4v) is 2.52. The summed E-state index contributed by atoms with van der Waals surface area (Å²) in [4.78, 5) is 12.7. The summed E-state index contributed by atoms with van der Waals surface area (Å²) in [5.41, 5.74) is 5.95. The second-order valence-corrected chi connectivity index (χ2v) is 4.72. The molecular formula is C13H15F3N2O. The molecule has 0 spiro atoms. The van der Waals surface area contributed by atoms with Crippen LogP contribution in [-0.2, 0) is 0 Å². The van der Waals surface area contributed by atoms with Gasteiger partial charge >= 0.3 is 12.2 Å². The molecule has 1 aromatic rings. The maximum atomic E-state index is 12.8. The van der Waals surface area contributed by atoms with Gasteiger partial charge in [0.1, 0.15) is 0 Å². The molecule has 6 heteroatoms. The molecular weight excluding hydrogens is 257 g/mol. The van der Waals surface area contributed by atoms with E-state index in [1.54, 1.807) is 30.3 Å². The first kappa shape index (κ1) is 13.7. The molecule has 1 heterocycles. The van der Waals surface area contributed by atoms with Crippen LogP contribution in [0.2, 0.25) is 0 Å². The average Bonchev–Trinajstić information content (AvgIpc) is 2.38. The van der Waals surface area contributed by atoms with E-state index < -0.39 is 24.2 Å². The van der Waals surface area contributed by atoms with Crippen LogP contribution in [0, 0.1) is 5.92 Å². The average molecular weight is 272 g/mol.